The van der Waals surface area contributed by atoms with Gasteiger partial charge in [0.05, 0.1) is 18.8 Å². The topological polar surface area (TPSA) is 21.3 Å². The Bertz CT molecular complexity index is 581. The summed E-state index contributed by atoms with van der Waals surface area (Å²) >= 11 is 0. The van der Waals surface area contributed by atoms with Gasteiger partial charge in [0.15, 0.2) is 0 Å². The Labute approximate surface area is 114 Å². The average molecular weight is 251 g/mol. The largest absolute Gasteiger partial charge is 0.495 e. The second-order valence-electron chi connectivity index (χ2n) is 4.20. The van der Waals surface area contributed by atoms with Gasteiger partial charge in [0.2, 0.25) is 0 Å². The summed E-state index contributed by atoms with van der Waals surface area (Å²) in [6, 6.07) is 17.9. The van der Waals surface area contributed by atoms with E-state index in [9.17, 15) is 0 Å². The van der Waals surface area contributed by atoms with E-state index in [0.29, 0.717) is 0 Å². The van der Waals surface area contributed by atoms with Crippen LogP contribution in [0.15, 0.2) is 54.6 Å². The van der Waals surface area contributed by atoms with E-state index in [4.69, 9.17) is 4.74 Å². The van der Waals surface area contributed by atoms with Crippen LogP contribution in [-0.4, -0.2) is 13.2 Å². The lowest BCUT2D eigenvalue weighted by molar-refractivity contribution is 0.416. The molecule has 0 saturated heterocycles. The Balaban J connectivity index is 2.06. The van der Waals surface area contributed by atoms with Crippen molar-refractivity contribution >= 4 is 5.69 Å². The fraction of sp³-hybridized carbons (Fsp3) is 0.176. The molecule has 2 nitrogen and oxygen atoms in total. The highest BCUT2D eigenvalue weighted by Gasteiger charge is 2.03. The van der Waals surface area contributed by atoms with Crippen LogP contribution in [0.2, 0.25) is 0 Å². The number of hydrogen-bond donors (Lipinski definition) is 1. The highest BCUT2D eigenvalue weighted by atomic mass is 16.5. The van der Waals surface area contributed by atoms with E-state index in [1.54, 1.807) is 7.11 Å². The van der Waals surface area contributed by atoms with E-state index in [-0.39, 0.29) is 6.04 Å². The maximum absolute atomic E-state index is 5.30. The van der Waals surface area contributed by atoms with Gasteiger partial charge in [0.1, 0.15) is 5.75 Å². The van der Waals surface area contributed by atoms with E-state index in [1.165, 1.54) is 0 Å². The molecular formula is C17H17NO. The first kappa shape index (κ1) is 13.0. The third kappa shape index (κ3) is 3.79. The molecular weight excluding hydrogens is 234 g/mol. The number of benzene rings is 2. The SMILES string of the molecule is COc1ccccc1N[C@H](C)C#Cc1ccccc1. The van der Waals surface area contributed by atoms with Crippen LogP contribution in [0, 0.1) is 11.8 Å². The molecule has 0 fully saturated rings. The zero-order valence-corrected chi connectivity index (χ0v) is 11.2. The maximum Gasteiger partial charge on any atom is 0.141 e. The number of methoxy groups -OCH3 is 1. The lowest BCUT2D eigenvalue weighted by atomic mass is 10.2. The summed E-state index contributed by atoms with van der Waals surface area (Å²) in [4.78, 5) is 0. The zero-order valence-electron chi connectivity index (χ0n) is 11.2. The Hall–Kier alpha value is -2.40. The molecule has 0 amide bonds. The van der Waals surface area contributed by atoms with Crippen LogP contribution in [0.25, 0.3) is 0 Å². The molecule has 0 unspecified atom stereocenters. The minimum absolute atomic E-state index is 0.0523. The smallest absolute Gasteiger partial charge is 0.141 e. The summed E-state index contributed by atoms with van der Waals surface area (Å²) < 4.78 is 5.30. The normalized spacial score (nSPS) is 11.1. The summed E-state index contributed by atoms with van der Waals surface area (Å²) in [6.45, 7) is 2.03. The molecule has 2 rings (SSSR count). The van der Waals surface area contributed by atoms with Crippen LogP contribution in [0.5, 0.6) is 5.75 Å². The minimum atomic E-state index is 0.0523. The van der Waals surface area contributed by atoms with Crippen LogP contribution < -0.4 is 10.1 Å². The summed E-state index contributed by atoms with van der Waals surface area (Å²) in [5.41, 5.74) is 1.98. The van der Waals surface area contributed by atoms with Crippen LogP contribution in [0.1, 0.15) is 12.5 Å². The van der Waals surface area contributed by atoms with Gasteiger partial charge in [-0.05, 0) is 31.2 Å². The molecule has 0 aliphatic heterocycles. The first-order chi connectivity index (χ1) is 9.29. The highest BCUT2D eigenvalue weighted by molar-refractivity contribution is 5.57. The molecule has 0 heterocycles. The second kappa shape index (κ2) is 6.51. The molecule has 2 aromatic carbocycles. The van der Waals surface area contributed by atoms with Gasteiger partial charge in [-0.1, -0.05) is 42.2 Å². The Kier molecular flexibility index (Phi) is 4.47. The molecule has 2 aromatic rings. The lowest BCUT2D eigenvalue weighted by Crippen LogP contribution is -2.13. The lowest BCUT2D eigenvalue weighted by Gasteiger charge is -2.12. The van der Waals surface area contributed by atoms with E-state index in [2.05, 4.69) is 17.2 Å². The van der Waals surface area contributed by atoms with Crippen molar-refractivity contribution in [2.45, 2.75) is 13.0 Å². The first-order valence-electron chi connectivity index (χ1n) is 6.26. The van der Waals surface area contributed by atoms with Crippen molar-refractivity contribution in [3.05, 3.63) is 60.2 Å². The van der Waals surface area contributed by atoms with Crippen LogP contribution in [0.3, 0.4) is 0 Å². The van der Waals surface area contributed by atoms with Crippen molar-refractivity contribution in [1.29, 1.82) is 0 Å². The molecule has 0 bridgehead atoms. The number of nitrogens with one attached hydrogen (secondary N) is 1. The van der Waals surface area contributed by atoms with Gasteiger partial charge in [0.25, 0.3) is 0 Å². The third-order valence-corrected chi connectivity index (χ3v) is 2.69. The molecule has 19 heavy (non-hydrogen) atoms. The fourth-order valence-electron chi connectivity index (χ4n) is 1.75. The summed E-state index contributed by atoms with van der Waals surface area (Å²) in [5, 5.41) is 3.33. The molecule has 1 atom stereocenters. The Morgan fingerprint density at radius 2 is 1.68 bits per heavy atom. The first-order valence-corrected chi connectivity index (χ1v) is 6.26. The maximum atomic E-state index is 5.30. The van der Waals surface area contributed by atoms with E-state index in [1.807, 2.05) is 61.5 Å². The number of para-hydroxylation sites is 2. The number of rotatable bonds is 3. The molecule has 0 spiro atoms. The molecule has 0 radical (unpaired) electrons. The van der Waals surface area contributed by atoms with Gasteiger partial charge in [-0.2, -0.15) is 0 Å². The fourth-order valence-corrected chi connectivity index (χ4v) is 1.75. The minimum Gasteiger partial charge on any atom is -0.495 e. The van der Waals surface area contributed by atoms with Crippen LogP contribution in [0.4, 0.5) is 5.69 Å². The van der Waals surface area contributed by atoms with Crippen molar-refractivity contribution in [3.63, 3.8) is 0 Å². The molecule has 2 heteroatoms. The predicted octanol–water partition coefficient (Wildman–Crippen LogP) is 3.55. The number of hydrogen-bond acceptors (Lipinski definition) is 2. The van der Waals surface area contributed by atoms with Gasteiger partial charge in [-0.15, -0.1) is 0 Å². The number of ether oxygens (including phenoxy) is 1. The Morgan fingerprint density at radius 1 is 1.00 bits per heavy atom. The molecule has 96 valence electrons. The predicted molar refractivity (Wildman–Crippen MR) is 79.4 cm³/mol. The van der Waals surface area contributed by atoms with Gasteiger partial charge >= 0.3 is 0 Å². The zero-order chi connectivity index (χ0) is 13.5. The van der Waals surface area contributed by atoms with Crippen molar-refractivity contribution in [2.24, 2.45) is 0 Å². The van der Waals surface area contributed by atoms with Gasteiger partial charge in [-0.3, -0.25) is 0 Å². The van der Waals surface area contributed by atoms with Gasteiger partial charge in [-0.25, -0.2) is 0 Å². The van der Waals surface area contributed by atoms with Gasteiger partial charge < -0.3 is 10.1 Å². The second-order valence-corrected chi connectivity index (χ2v) is 4.20. The molecule has 0 aliphatic rings. The van der Waals surface area contributed by atoms with Crippen molar-refractivity contribution < 1.29 is 4.74 Å². The Morgan fingerprint density at radius 3 is 2.42 bits per heavy atom. The summed E-state index contributed by atoms with van der Waals surface area (Å²) in [5.74, 6) is 7.16. The van der Waals surface area contributed by atoms with Crippen molar-refractivity contribution in [2.75, 3.05) is 12.4 Å². The van der Waals surface area contributed by atoms with Crippen LogP contribution in [-0.2, 0) is 0 Å². The molecule has 0 saturated carbocycles. The van der Waals surface area contributed by atoms with E-state index < -0.39 is 0 Å². The standard InChI is InChI=1S/C17H17NO/c1-14(12-13-15-8-4-3-5-9-15)18-16-10-6-7-11-17(16)19-2/h3-11,14,18H,1-2H3/t14-/m1/s1. The van der Waals surface area contributed by atoms with E-state index in [0.717, 1.165) is 17.0 Å². The van der Waals surface area contributed by atoms with E-state index >= 15 is 0 Å². The quantitative estimate of drug-likeness (QED) is 0.842. The third-order valence-electron chi connectivity index (χ3n) is 2.69. The van der Waals surface area contributed by atoms with Gasteiger partial charge in [0, 0.05) is 5.56 Å². The number of anilines is 1. The molecule has 0 aromatic heterocycles. The average Bonchev–Trinajstić information content (AvgIpc) is 2.47. The van der Waals surface area contributed by atoms with Crippen molar-refractivity contribution in [3.8, 4) is 17.6 Å². The van der Waals surface area contributed by atoms with Crippen LogP contribution >= 0.6 is 0 Å². The summed E-state index contributed by atoms with van der Waals surface area (Å²) in [6.07, 6.45) is 0. The molecule has 0 aliphatic carbocycles. The summed E-state index contributed by atoms with van der Waals surface area (Å²) in [7, 11) is 1.67. The highest BCUT2D eigenvalue weighted by Crippen LogP contribution is 2.23. The molecule has 1 N–H and O–H groups in total. The van der Waals surface area contributed by atoms with Crippen molar-refractivity contribution in [1.82, 2.24) is 0 Å². The monoisotopic (exact) mass is 251 g/mol.